The Balaban J connectivity index is 1.81. The molecule has 0 bridgehead atoms. The van der Waals surface area contributed by atoms with Gasteiger partial charge in [0, 0.05) is 23.4 Å². The number of hydrogen-bond acceptors (Lipinski definition) is 5. The molecule has 1 unspecified atom stereocenters. The minimum atomic E-state index is 0.0364. The van der Waals surface area contributed by atoms with E-state index < -0.39 is 0 Å². The van der Waals surface area contributed by atoms with Crippen molar-refractivity contribution in [3.05, 3.63) is 29.1 Å². The lowest BCUT2D eigenvalue weighted by atomic mass is 10.0. The summed E-state index contributed by atoms with van der Waals surface area (Å²) in [6.07, 6.45) is 3.29. The van der Waals surface area contributed by atoms with E-state index in [0.29, 0.717) is 10.6 Å². The number of rotatable bonds is 2. The van der Waals surface area contributed by atoms with Crippen LogP contribution in [0.15, 0.2) is 24.3 Å². The maximum absolute atomic E-state index is 13.0. The van der Waals surface area contributed by atoms with Crippen LogP contribution in [0.2, 0.25) is 0 Å². The molecule has 6 heteroatoms. The average molecular weight is 355 g/mol. The van der Waals surface area contributed by atoms with Gasteiger partial charge >= 0.3 is 0 Å². The summed E-state index contributed by atoms with van der Waals surface area (Å²) >= 11 is 1.39. The van der Waals surface area contributed by atoms with Crippen LogP contribution in [0.3, 0.4) is 0 Å². The van der Waals surface area contributed by atoms with E-state index in [9.17, 15) is 4.79 Å². The fourth-order valence-corrected chi connectivity index (χ4v) is 4.54. The molecule has 1 aromatic carbocycles. The number of hydrogen-bond donors (Lipinski definition) is 1. The standard InChI is InChI=1S/C19H21N3O2S/c1-11-5-3-4-8-22(11)19(23)17-16(20)14-10-12-9-13(24-2)6-7-15(12)21-18(14)25-17/h6-7,9-11H,3-5,8,20H2,1-2H3. The summed E-state index contributed by atoms with van der Waals surface area (Å²) in [5.41, 5.74) is 7.76. The highest BCUT2D eigenvalue weighted by atomic mass is 32.1. The Kier molecular flexibility index (Phi) is 4.00. The third-order valence-electron chi connectivity index (χ3n) is 4.98. The van der Waals surface area contributed by atoms with E-state index in [1.807, 2.05) is 29.2 Å². The number of thiophene rings is 1. The molecule has 0 radical (unpaired) electrons. The predicted molar refractivity (Wildman–Crippen MR) is 102 cm³/mol. The second-order valence-electron chi connectivity index (χ2n) is 6.59. The maximum Gasteiger partial charge on any atom is 0.266 e. The zero-order valence-corrected chi connectivity index (χ0v) is 15.2. The zero-order chi connectivity index (χ0) is 17.6. The number of nitrogen functional groups attached to an aromatic ring is 1. The second-order valence-corrected chi connectivity index (χ2v) is 7.59. The highest BCUT2D eigenvalue weighted by Gasteiger charge is 2.28. The molecule has 130 valence electrons. The number of fused-ring (bicyclic) bond motifs is 2. The average Bonchev–Trinajstić information content (AvgIpc) is 2.95. The quantitative estimate of drug-likeness (QED) is 0.753. The first-order valence-corrected chi connectivity index (χ1v) is 9.38. The van der Waals surface area contributed by atoms with Gasteiger partial charge in [-0.2, -0.15) is 0 Å². The van der Waals surface area contributed by atoms with Crippen LogP contribution in [0.25, 0.3) is 21.1 Å². The van der Waals surface area contributed by atoms with Crippen molar-refractivity contribution in [3.63, 3.8) is 0 Å². The van der Waals surface area contributed by atoms with Crippen molar-refractivity contribution in [1.82, 2.24) is 9.88 Å². The molecule has 0 saturated carbocycles. The minimum absolute atomic E-state index is 0.0364. The number of piperidine rings is 1. The molecule has 2 N–H and O–H groups in total. The van der Waals surface area contributed by atoms with E-state index in [4.69, 9.17) is 15.5 Å². The SMILES string of the molecule is COc1ccc2nc3sc(C(=O)N4CCCCC4C)c(N)c3cc2c1. The molecule has 4 rings (SSSR count). The summed E-state index contributed by atoms with van der Waals surface area (Å²) in [4.78, 5) is 21.1. The predicted octanol–water partition coefficient (Wildman–Crippen LogP) is 4.05. The molecule has 1 aliphatic heterocycles. The summed E-state index contributed by atoms with van der Waals surface area (Å²) in [5.74, 6) is 0.815. The van der Waals surface area contributed by atoms with Crippen molar-refractivity contribution >= 4 is 44.1 Å². The summed E-state index contributed by atoms with van der Waals surface area (Å²) in [5, 5.41) is 1.81. The van der Waals surface area contributed by atoms with E-state index in [1.54, 1.807) is 7.11 Å². The molecular weight excluding hydrogens is 334 g/mol. The molecule has 2 aromatic heterocycles. The third-order valence-corrected chi connectivity index (χ3v) is 6.08. The van der Waals surface area contributed by atoms with E-state index in [1.165, 1.54) is 17.8 Å². The molecule has 1 fully saturated rings. The molecule has 25 heavy (non-hydrogen) atoms. The number of nitrogens with zero attached hydrogens (tertiary/aromatic N) is 2. The van der Waals surface area contributed by atoms with Gasteiger partial charge in [-0.05, 0) is 50.5 Å². The molecule has 1 saturated heterocycles. The van der Waals surface area contributed by atoms with E-state index >= 15 is 0 Å². The fourth-order valence-electron chi connectivity index (χ4n) is 3.50. The van der Waals surface area contributed by atoms with Crippen molar-refractivity contribution < 1.29 is 9.53 Å². The lowest BCUT2D eigenvalue weighted by molar-refractivity contribution is 0.0642. The Labute approximate surface area is 150 Å². The zero-order valence-electron chi connectivity index (χ0n) is 14.4. The van der Waals surface area contributed by atoms with Gasteiger partial charge in [-0.3, -0.25) is 4.79 Å². The summed E-state index contributed by atoms with van der Waals surface area (Å²) in [6, 6.07) is 8.02. The van der Waals surface area contributed by atoms with Gasteiger partial charge in [0.2, 0.25) is 0 Å². The molecular formula is C19H21N3O2S. The Morgan fingerprint density at radius 3 is 2.96 bits per heavy atom. The molecule has 3 aromatic rings. The fraction of sp³-hybridized carbons (Fsp3) is 0.368. The molecule has 3 heterocycles. The van der Waals surface area contributed by atoms with E-state index in [2.05, 4.69) is 6.92 Å². The minimum Gasteiger partial charge on any atom is -0.497 e. The van der Waals surface area contributed by atoms with Crippen molar-refractivity contribution in [2.45, 2.75) is 32.2 Å². The summed E-state index contributed by atoms with van der Waals surface area (Å²) < 4.78 is 5.28. The normalized spacial score (nSPS) is 18.0. The molecule has 1 atom stereocenters. The second kappa shape index (κ2) is 6.19. The molecule has 0 aliphatic carbocycles. The monoisotopic (exact) mass is 355 g/mol. The van der Waals surface area contributed by atoms with Gasteiger partial charge in [0.1, 0.15) is 15.5 Å². The van der Waals surface area contributed by atoms with Gasteiger partial charge in [-0.15, -0.1) is 11.3 Å². The van der Waals surface area contributed by atoms with Gasteiger partial charge in [0.25, 0.3) is 5.91 Å². The first kappa shape index (κ1) is 16.1. The lowest BCUT2D eigenvalue weighted by Crippen LogP contribution is -2.41. The number of anilines is 1. The third kappa shape index (κ3) is 2.70. The molecule has 1 amide bonds. The molecule has 1 aliphatic rings. The Morgan fingerprint density at radius 2 is 2.20 bits per heavy atom. The topological polar surface area (TPSA) is 68.5 Å². The van der Waals surface area contributed by atoms with Gasteiger partial charge in [-0.1, -0.05) is 0 Å². The number of nitrogens with two attached hydrogens (primary N) is 1. The summed E-state index contributed by atoms with van der Waals surface area (Å²) in [6.45, 7) is 2.92. The van der Waals surface area contributed by atoms with Crippen LogP contribution in [0.1, 0.15) is 35.9 Å². The number of aromatic nitrogens is 1. The smallest absolute Gasteiger partial charge is 0.266 e. The van der Waals surface area contributed by atoms with Crippen molar-refractivity contribution in [2.24, 2.45) is 0 Å². The number of carbonyl (C=O) groups is 1. The highest BCUT2D eigenvalue weighted by molar-refractivity contribution is 7.21. The van der Waals surface area contributed by atoms with Crippen molar-refractivity contribution in [2.75, 3.05) is 19.4 Å². The number of carbonyl (C=O) groups excluding carboxylic acids is 1. The Hall–Kier alpha value is -2.34. The van der Waals surface area contributed by atoms with Gasteiger partial charge < -0.3 is 15.4 Å². The number of pyridine rings is 1. The van der Waals surface area contributed by atoms with Crippen LogP contribution in [0.4, 0.5) is 5.69 Å². The van der Waals surface area contributed by atoms with Crippen LogP contribution < -0.4 is 10.5 Å². The van der Waals surface area contributed by atoms with Crippen molar-refractivity contribution in [1.29, 1.82) is 0 Å². The van der Waals surface area contributed by atoms with E-state index in [0.717, 1.165) is 46.3 Å². The van der Waals surface area contributed by atoms with Crippen LogP contribution in [-0.4, -0.2) is 35.5 Å². The molecule has 0 spiro atoms. The number of amides is 1. The lowest BCUT2D eigenvalue weighted by Gasteiger charge is -2.33. The first-order valence-electron chi connectivity index (χ1n) is 8.56. The largest absolute Gasteiger partial charge is 0.497 e. The Bertz CT molecular complexity index is 966. The number of benzene rings is 1. The Morgan fingerprint density at radius 1 is 1.36 bits per heavy atom. The number of methoxy groups -OCH3 is 1. The van der Waals surface area contributed by atoms with Gasteiger partial charge in [0.15, 0.2) is 0 Å². The van der Waals surface area contributed by atoms with Gasteiger partial charge in [0.05, 0.1) is 18.3 Å². The number of likely N-dealkylation sites (tertiary alicyclic amines) is 1. The van der Waals surface area contributed by atoms with Crippen LogP contribution >= 0.6 is 11.3 Å². The van der Waals surface area contributed by atoms with Crippen LogP contribution in [0.5, 0.6) is 5.75 Å². The van der Waals surface area contributed by atoms with Gasteiger partial charge in [-0.25, -0.2) is 4.98 Å². The highest BCUT2D eigenvalue weighted by Crippen LogP contribution is 2.36. The molecule has 5 nitrogen and oxygen atoms in total. The maximum atomic E-state index is 13.0. The van der Waals surface area contributed by atoms with E-state index in [-0.39, 0.29) is 11.9 Å². The number of ether oxygens (including phenoxy) is 1. The van der Waals surface area contributed by atoms with Crippen LogP contribution in [0, 0.1) is 0 Å². The summed E-state index contributed by atoms with van der Waals surface area (Å²) in [7, 11) is 1.64. The van der Waals surface area contributed by atoms with Crippen LogP contribution in [-0.2, 0) is 0 Å². The first-order chi connectivity index (χ1) is 12.1. The van der Waals surface area contributed by atoms with Crippen molar-refractivity contribution in [3.8, 4) is 5.75 Å².